The molecule has 1 aliphatic rings. The fourth-order valence-corrected chi connectivity index (χ4v) is 4.40. The van der Waals surface area contributed by atoms with Gasteiger partial charge in [-0.1, -0.05) is 53.8 Å². The van der Waals surface area contributed by atoms with E-state index in [-0.39, 0.29) is 11.3 Å². The summed E-state index contributed by atoms with van der Waals surface area (Å²) < 4.78 is 0. The monoisotopic (exact) mass is 373 g/mol. The van der Waals surface area contributed by atoms with Crippen molar-refractivity contribution in [3.8, 4) is 21.7 Å². The third-order valence-corrected chi connectivity index (χ3v) is 5.58. The Labute approximate surface area is 157 Å². The van der Waals surface area contributed by atoms with Crippen LogP contribution >= 0.6 is 11.3 Å². The number of thiazole rings is 1. The molecule has 130 valence electrons. The molecule has 6 nitrogen and oxygen atoms in total. The molecule has 7 heteroatoms. The van der Waals surface area contributed by atoms with Crippen molar-refractivity contribution in [2.24, 2.45) is 0 Å². The van der Waals surface area contributed by atoms with Gasteiger partial charge in [0.25, 0.3) is 11.6 Å². The molecule has 0 spiro atoms. The largest absolute Gasteiger partial charge is 0.298 e. The number of non-ortho nitro benzene ring substituents is 1. The van der Waals surface area contributed by atoms with Crippen molar-refractivity contribution in [1.29, 1.82) is 0 Å². The minimum absolute atomic E-state index is 0.120. The van der Waals surface area contributed by atoms with Crippen molar-refractivity contribution in [3.63, 3.8) is 0 Å². The highest BCUT2D eigenvalue weighted by Crippen LogP contribution is 2.50. The third kappa shape index (κ3) is 2.40. The van der Waals surface area contributed by atoms with Crippen molar-refractivity contribution in [2.75, 3.05) is 5.32 Å². The molecule has 3 aromatic carbocycles. The Morgan fingerprint density at radius 3 is 2.56 bits per heavy atom. The van der Waals surface area contributed by atoms with Crippen LogP contribution in [0.15, 0.2) is 60.7 Å². The molecular weight excluding hydrogens is 362 g/mol. The van der Waals surface area contributed by atoms with E-state index in [1.807, 2.05) is 18.2 Å². The topological polar surface area (TPSA) is 85.1 Å². The van der Waals surface area contributed by atoms with E-state index in [2.05, 4.69) is 28.5 Å². The molecule has 0 fully saturated rings. The zero-order valence-electron chi connectivity index (χ0n) is 13.8. The number of carbonyl (C=O) groups excluding carboxylic acids is 1. The van der Waals surface area contributed by atoms with Crippen LogP contribution in [0.2, 0.25) is 0 Å². The highest BCUT2D eigenvalue weighted by Gasteiger charge is 2.26. The number of rotatable bonds is 3. The normalized spacial score (nSPS) is 11.4. The maximum absolute atomic E-state index is 12.5. The number of aromatic nitrogens is 1. The standard InChI is InChI=1S/C20H11N3O3S/c24-19(12-6-1-7-13(10-12)23(25)26)22-20-21-17-14-8-2-4-11-5-3-9-15(16(11)14)18(17)27-20/h1-10H,(H,21,22,24). The van der Waals surface area contributed by atoms with Crippen LogP contribution in [0.4, 0.5) is 10.8 Å². The van der Waals surface area contributed by atoms with Gasteiger partial charge in [-0.05, 0) is 16.8 Å². The maximum atomic E-state index is 12.5. The Balaban J connectivity index is 1.50. The van der Waals surface area contributed by atoms with Crippen molar-refractivity contribution in [1.82, 2.24) is 4.98 Å². The summed E-state index contributed by atoms with van der Waals surface area (Å²) in [5.74, 6) is -0.419. The van der Waals surface area contributed by atoms with Gasteiger partial charge in [-0.3, -0.25) is 20.2 Å². The molecule has 1 N–H and O–H groups in total. The molecule has 0 aliphatic heterocycles. The second-order valence-electron chi connectivity index (χ2n) is 6.17. The second kappa shape index (κ2) is 5.72. The summed E-state index contributed by atoms with van der Waals surface area (Å²) in [6.45, 7) is 0. The first-order valence-corrected chi connectivity index (χ1v) is 9.02. The predicted molar refractivity (Wildman–Crippen MR) is 105 cm³/mol. The van der Waals surface area contributed by atoms with Gasteiger partial charge < -0.3 is 0 Å². The zero-order valence-corrected chi connectivity index (χ0v) is 14.6. The van der Waals surface area contributed by atoms with Crippen LogP contribution in [-0.4, -0.2) is 15.8 Å². The van der Waals surface area contributed by atoms with Gasteiger partial charge in [-0.15, -0.1) is 0 Å². The van der Waals surface area contributed by atoms with Gasteiger partial charge in [0.15, 0.2) is 5.13 Å². The molecule has 0 unspecified atom stereocenters. The summed E-state index contributed by atoms with van der Waals surface area (Å²) in [6, 6.07) is 17.9. The van der Waals surface area contributed by atoms with Crippen LogP contribution in [0.25, 0.3) is 32.5 Å². The van der Waals surface area contributed by atoms with Crippen LogP contribution in [0.1, 0.15) is 10.4 Å². The molecule has 4 aromatic rings. The third-order valence-electron chi connectivity index (χ3n) is 4.57. The Bertz CT molecular complexity index is 1210. The Morgan fingerprint density at radius 1 is 1.04 bits per heavy atom. The number of nitrogens with one attached hydrogen (secondary N) is 1. The number of amides is 1. The van der Waals surface area contributed by atoms with Gasteiger partial charge >= 0.3 is 0 Å². The van der Waals surface area contributed by atoms with Crippen molar-refractivity contribution in [3.05, 3.63) is 76.3 Å². The molecule has 5 rings (SSSR count). The number of anilines is 1. The quantitative estimate of drug-likeness (QED) is 0.352. The molecule has 1 heterocycles. The number of nitro benzene ring substituents is 1. The van der Waals surface area contributed by atoms with Gasteiger partial charge in [-0.25, -0.2) is 4.98 Å². The van der Waals surface area contributed by atoms with E-state index >= 15 is 0 Å². The molecule has 0 saturated heterocycles. The summed E-state index contributed by atoms with van der Waals surface area (Å²) in [5, 5.41) is 16.5. The lowest BCUT2D eigenvalue weighted by Crippen LogP contribution is -2.11. The average molecular weight is 373 g/mol. The van der Waals surface area contributed by atoms with E-state index in [0.29, 0.717) is 5.13 Å². The first-order valence-electron chi connectivity index (χ1n) is 8.21. The number of benzene rings is 3. The summed E-state index contributed by atoms with van der Waals surface area (Å²) in [5.41, 5.74) is 3.14. The summed E-state index contributed by atoms with van der Waals surface area (Å²) >= 11 is 1.41. The Kier molecular flexibility index (Phi) is 3.32. The first kappa shape index (κ1) is 15.7. The molecule has 0 atom stereocenters. The smallest absolute Gasteiger partial charge is 0.270 e. The minimum Gasteiger partial charge on any atom is -0.298 e. The molecule has 1 amide bonds. The molecule has 1 aliphatic carbocycles. The molecule has 0 saturated carbocycles. The minimum atomic E-state index is -0.522. The first-order chi connectivity index (χ1) is 13.1. The summed E-state index contributed by atoms with van der Waals surface area (Å²) in [7, 11) is 0. The lowest BCUT2D eigenvalue weighted by molar-refractivity contribution is -0.384. The molecule has 1 aromatic heterocycles. The highest BCUT2D eigenvalue weighted by atomic mass is 32.1. The molecule has 27 heavy (non-hydrogen) atoms. The lowest BCUT2D eigenvalue weighted by atomic mass is 10.0. The summed E-state index contributed by atoms with van der Waals surface area (Å²) in [6.07, 6.45) is 0. The number of fused-ring (bicyclic) bond motifs is 3. The maximum Gasteiger partial charge on any atom is 0.270 e. The van der Waals surface area contributed by atoms with Crippen LogP contribution in [0, 0.1) is 10.1 Å². The van der Waals surface area contributed by atoms with E-state index in [1.165, 1.54) is 34.9 Å². The number of hydrogen-bond acceptors (Lipinski definition) is 5. The fraction of sp³-hybridized carbons (Fsp3) is 0. The molecule has 0 radical (unpaired) electrons. The van der Waals surface area contributed by atoms with Gasteiger partial charge in [0.1, 0.15) is 0 Å². The Hall–Kier alpha value is -3.58. The van der Waals surface area contributed by atoms with Crippen molar-refractivity contribution >= 4 is 38.8 Å². The lowest BCUT2D eigenvalue weighted by Gasteiger charge is -2.03. The number of hydrogen-bond donors (Lipinski definition) is 1. The number of carbonyl (C=O) groups is 1. The van der Waals surface area contributed by atoms with Crippen LogP contribution in [-0.2, 0) is 0 Å². The Morgan fingerprint density at radius 2 is 1.78 bits per heavy atom. The second-order valence-corrected chi connectivity index (χ2v) is 7.17. The van der Waals surface area contributed by atoms with E-state index in [9.17, 15) is 14.9 Å². The van der Waals surface area contributed by atoms with Crippen LogP contribution < -0.4 is 5.32 Å². The van der Waals surface area contributed by atoms with Crippen LogP contribution in [0.3, 0.4) is 0 Å². The van der Waals surface area contributed by atoms with E-state index in [1.54, 1.807) is 6.07 Å². The van der Waals surface area contributed by atoms with Crippen molar-refractivity contribution < 1.29 is 9.72 Å². The average Bonchev–Trinajstić information content (AvgIpc) is 3.22. The predicted octanol–water partition coefficient (Wildman–Crippen LogP) is 5.10. The van der Waals surface area contributed by atoms with Gasteiger partial charge in [0.05, 0.1) is 15.5 Å². The fourth-order valence-electron chi connectivity index (χ4n) is 3.40. The summed E-state index contributed by atoms with van der Waals surface area (Å²) in [4.78, 5) is 28.5. The molecular formula is C20H11N3O3S. The van der Waals surface area contributed by atoms with Gasteiger partial charge in [0.2, 0.25) is 0 Å². The van der Waals surface area contributed by atoms with Gasteiger partial charge in [-0.2, -0.15) is 0 Å². The SMILES string of the molecule is O=C(Nc1nc2c(s1)-c1cccc3cccc-2c13)c1cccc([N+](=O)[O-])c1. The number of nitrogens with zero attached hydrogens (tertiary/aromatic N) is 2. The van der Waals surface area contributed by atoms with E-state index in [4.69, 9.17) is 0 Å². The van der Waals surface area contributed by atoms with Crippen LogP contribution in [0.5, 0.6) is 0 Å². The zero-order chi connectivity index (χ0) is 18.5. The number of nitro groups is 1. The highest BCUT2D eigenvalue weighted by molar-refractivity contribution is 7.20. The van der Waals surface area contributed by atoms with E-state index < -0.39 is 10.8 Å². The van der Waals surface area contributed by atoms with Gasteiger partial charge in [0, 0.05) is 28.8 Å². The van der Waals surface area contributed by atoms with Crippen molar-refractivity contribution in [2.45, 2.75) is 0 Å². The molecule has 0 bridgehead atoms. The van der Waals surface area contributed by atoms with E-state index in [0.717, 1.165) is 27.1 Å².